The zero-order chi connectivity index (χ0) is 14.4. The Morgan fingerprint density at radius 3 is 2.60 bits per heavy atom. The topological polar surface area (TPSA) is 38.3 Å². The molecule has 0 aliphatic heterocycles. The number of carbonyl (C=O) groups excluding carboxylic acids is 1. The average molecular weight is 340 g/mol. The van der Waals surface area contributed by atoms with Gasteiger partial charge in [0.25, 0.3) is 0 Å². The van der Waals surface area contributed by atoms with Crippen LogP contribution in [0.2, 0.25) is 0 Å². The van der Waals surface area contributed by atoms with Gasteiger partial charge in [0.15, 0.2) is 0 Å². The third kappa shape index (κ3) is 4.51. The van der Waals surface area contributed by atoms with Crippen LogP contribution in [0.4, 0.5) is 0 Å². The number of nitrogens with one attached hydrogen (secondary N) is 1. The van der Waals surface area contributed by atoms with E-state index in [2.05, 4.69) is 33.4 Å². The Bertz CT molecular complexity index is 429. The number of rotatable bonds is 8. The van der Waals surface area contributed by atoms with Gasteiger partial charge in [-0.2, -0.15) is 0 Å². The second-order valence-corrected chi connectivity index (χ2v) is 6.09. The van der Waals surface area contributed by atoms with Crippen molar-refractivity contribution in [1.82, 2.24) is 5.32 Å². The monoisotopic (exact) mass is 339 g/mol. The number of unbranched alkanes of at least 4 members (excludes halogenated alkanes) is 1. The van der Waals surface area contributed by atoms with Crippen LogP contribution in [0.15, 0.2) is 24.3 Å². The Hall–Kier alpha value is -1.03. The van der Waals surface area contributed by atoms with Crippen LogP contribution >= 0.6 is 15.9 Å². The number of amides is 1. The zero-order valence-electron chi connectivity index (χ0n) is 11.9. The Morgan fingerprint density at radius 1 is 1.35 bits per heavy atom. The van der Waals surface area contributed by atoms with Crippen molar-refractivity contribution in [2.24, 2.45) is 5.92 Å². The highest BCUT2D eigenvalue weighted by atomic mass is 79.9. The van der Waals surface area contributed by atoms with E-state index in [-0.39, 0.29) is 11.9 Å². The van der Waals surface area contributed by atoms with Crippen LogP contribution in [0.1, 0.15) is 43.7 Å². The first-order valence-electron chi connectivity index (χ1n) is 7.24. The SMILES string of the molecule is COc1ccc(C(NC(=O)CCCCBr)C2CC2)cc1. The third-order valence-electron chi connectivity index (χ3n) is 3.67. The Kier molecular flexibility index (Phi) is 5.89. The van der Waals surface area contributed by atoms with E-state index in [0.29, 0.717) is 12.3 Å². The first-order chi connectivity index (χ1) is 9.74. The summed E-state index contributed by atoms with van der Waals surface area (Å²) in [5, 5.41) is 4.16. The molecule has 1 amide bonds. The standard InChI is InChI=1S/C16H22BrNO2/c1-20-14-9-7-13(8-10-14)16(12-5-6-12)18-15(19)4-2-3-11-17/h7-10,12,16H,2-6,11H2,1H3,(H,18,19). The number of benzene rings is 1. The normalized spacial score (nSPS) is 15.7. The number of alkyl halides is 1. The molecule has 1 aliphatic carbocycles. The van der Waals surface area contributed by atoms with Gasteiger partial charge in [0.1, 0.15) is 5.75 Å². The quantitative estimate of drug-likeness (QED) is 0.577. The minimum Gasteiger partial charge on any atom is -0.497 e. The molecule has 0 bridgehead atoms. The molecule has 0 spiro atoms. The second kappa shape index (κ2) is 7.67. The van der Waals surface area contributed by atoms with Crippen molar-refractivity contribution in [2.75, 3.05) is 12.4 Å². The maximum Gasteiger partial charge on any atom is 0.220 e. The zero-order valence-corrected chi connectivity index (χ0v) is 13.5. The fraction of sp³-hybridized carbons (Fsp3) is 0.562. The number of hydrogen-bond acceptors (Lipinski definition) is 2. The van der Waals surface area contributed by atoms with Crippen LogP contribution in [0.3, 0.4) is 0 Å². The smallest absolute Gasteiger partial charge is 0.220 e. The molecule has 3 nitrogen and oxygen atoms in total. The summed E-state index contributed by atoms with van der Waals surface area (Å²) < 4.78 is 5.18. The van der Waals surface area contributed by atoms with Crippen LogP contribution in [0, 0.1) is 5.92 Å². The molecule has 2 rings (SSSR count). The fourth-order valence-electron chi connectivity index (χ4n) is 2.34. The summed E-state index contributed by atoms with van der Waals surface area (Å²) in [6, 6.07) is 8.20. The lowest BCUT2D eigenvalue weighted by molar-refractivity contribution is -0.122. The van der Waals surface area contributed by atoms with Crippen LogP contribution in [0.5, 0.6) is 5.75 Å². The van der Waals surface area contributed by atoms with Gasteiger partial charge in [0.05, 0.1) is 13.2 Å². The molecule has 1 aliphatic rings. The van der Waals surface area contributed by atoms with Crippen LogP contribution in [0.25, 0.3) is 0 Å². The largest absolute Gasteiger partial charge is 0.497 e. The number of hydrogen-bond donors (Lipinski definition) is 1. The minimum absolute atomic E-state index is 0.164. The van der Waals surface area contributed by atoms with E-state index >= 15 is 0 Å². The van der Waals surface area contributed by atoms with E-state index in [0.717, 1.165) is 23.9 Å². The second-order valence-electron chi connectivity index (χ2n) is 5.30. The molecule has 0 aromatic heterocycles. The van der Waals surface area contributed by atoms with Crippen molar-refractivity contribution < 1.29 is 9.53 Å². The summed E-state index contributed by atoms with van der Waals surface area (Å²) in [6.07, 6.45) is 5.02. The Labute approximate surface area is 129 Å². The van der Waals surface area contributed by atoms with Crippen LogP contribution in [-0.2, 0) is 4.79 Å². The van der Waals surface area contributed by atoms with Gasteiger partial charge in [-0.1, -0.05) is 28.1 Å². The molecule has 1 fully saturated rings. The Balaban J connectivity index is 1.94. The summed E-state index contributed by atoms with van der Waals surface area (Å²) in [4.78, 5) is 12.0. The van der Waals surface area contributed by atoms with E-state index in [1.165, 1.54) is 18.4 Å². The van der Waals surface area contributed by atoms with Crippen molar-refractivity contribution >= 4 is 21.8 Å². The number of methoxy groups -OCH3 is 1. The van der Waals surface area contributed by atoms with Crippen molar-refractivity contribution in [3.05, 3.63) is 29.8 Å². The molecule has 4 heteroatoms. The molecule has 1 saturated carbocycles. The summed E-state index contributed by atoms with van der Waals surface area (Å²) in [6.45, 7) is 0. The molecular weight excluding hydrogens is 318 g/mol. The molecule has 1 atom stereocenters. The number of carbonyl (C=O) groups is 1. The molecule has 1 aromatic rings. The fourth-order valence-corrected chi connectivity index (χ4v) is 2.74. The molecule has 1 N–H and O–H groups in total. The number of halogens is 1. The lowest BCUT2D eigenvalue weighted by Crippen LogP contribution is -2.29. The first-order valence-corrected chi connectivity index (χ1v) is 8.36. The molecule has 1 unspecified atom stereocenters. The molecule has 1 aromatic carbocycles. The van der Waals surface area contributed by atoms with Crippen LogP contribution < -0.4 is 10.1 Å². The minimum atomic E-state index is 0.164. The summed E-state index contributed by atoms with van der Waals surface area (Å²) in [7, 11) is 1.67. The van der Waals surface area contributed by atoms with Crippen molar-refractivity contribution in [3.63, 3.8) is 0 Å². The highest BCUT2D eigenvalue weighted by Gasteiger charge is 2.33. The van der Waals surface area contributed by atoms with Gasteiger partial charge in [-0.3, -0.25) is 4.79 Å². The molecular formula is C16H22BrNO2. The lowest BCUT2D eigenvalue weighted by atomic mass is 10.0. The molecule has 110 valence electrons. The van der Waals surface area contributed by atoms with Gasteiger partial charge < -0.3 is 10.1 Å². The predicted molar refractivity (Wildman–Crippen MR) is 84.2 cm³/mol. The van der Waals surface area contributed by atoms with E-state index in [1.54, 1.807) is 7.11 Å². The summed E-state index contributed by atoms with van der Waals surface area (Å²) in [5.74, 6) is 1.62. The van der Waals surface area contributed by atoms with E-state index in [1.807, 2.05) is 12.1 Å². The average Bonchev–Trinajstić information content (AvgIpc) is 3.30. The van der Waals surface area contributed by atoms with Gasteiger partial charge >= 0.3 is 0 Å². The predicted octanol–water partition coefficient (Wildman–Crippen LogP) is 3.83. The van der Waals surface area contributed by atoms with Gasteiger partial charge in [0.2, 0.25) is 5.91 Å². The molecule has 0 heterocycles. The van der Waals surface area contributed by atoms with Gasteiger partial charge in [-0.05, 0) is 49.3 Å². The van der Waals surface area contributed by atoms with Crippen molar-refractivity contribution in [1.29, 1.82) is 0 Å². The van der Waals surface area contributed by atoms with Gasteiger partial charge in [-0.25, -0.2) is 0 Å². The first kappa shape index (κ1) is 15.4. The lowest BCUT2D eigenvalue weighted by Gasteiger charge is -2.19. The highest BCUT2D eigenvalue weighted by molar-refractivity contribution is 9.09. The van der Waals surface area contributed by atoms with E-state index in [4.69, 9.17) is 4.74 Å². The van der Waals surface area contributed by atoms with Gasteiger partial charge in [-0.15, -0.1) is 0 Å². The maximum absolute atomic E-state index is 12.0. The highest BCUT2D eigenvalue weighted by Crippen LogP contribution is 2.41. The van der Waals surface area contributed by atoms with E-state index < -0.39 is 0 Å². The van der Waals surface area contributed by atoms with Crippen molar-refractivity contribution in [2.45, 2.75) is 38.1 Å². The third-order valence-corrected chi connectivity index (χ3v) is 4.23. The summed E-state index contributed by atoms with van der Waals surface area (Å²) >= 11 is 3.39. The molecule has 0 saturated heterocycles. The molecule has 0 radical (unpaired) electrons. The van der Waals surface area contributed by atoms with Crippen LogP contribution in [-0.4, -0.2) is 18.3 Å². The molecule has 20 heavy (non-hydrogen) atoms. The Morgan fingerprint density at radius 2 is 2.05 bits per heavy atom. The van der Waals surface area contributed by atoms with E-state index in [9.17, 15) is 4.79 Å². The van der Waals surface area contributed by atoms with Crippen molar-refractivity contribution in [3.8, 4) is 5.75 Å². The van der Waals surface area contributed by atoms with Gasteiger partial charge in [0, 0.05) is 11.8 Å². The maximum atomic E-state index is 12.0. The number of ether oxygens (including phenoxy) is 1. The summed E-state index contributed by atoms with van der Waals surface area (Å²) in [5.41, 5.74) is 1.18.